The number of nitrogens with two attached hydrogens (primary N) is 1. The predicted molar refractivity (Wildman–Crippen MR) is 156 cm³/mol. The number of fused-ring (bicyclic) bond motifs is 1. The number of anilines is 1. The number of carboxylic acid groups (broad SMARTS) is 1. The Morgan fingerprint density at radius 1 is 1.09 bits per heavy atom. The largest absolute Gasteiger partial charge is 0.490 e. The second kappa shape index (κ2) is 13.9. The molecule has 1 aliphatic rings. The van der Waals surface area contributed by atoms with Gasteiger partial charge in [0.15, 0.2) is 0 Å². The van der Waals surface area contributed by atoms with Crippen molar-refractivity contribution in [2.45, 2.75) is 31.6 Å². The van der Waals surface area contributed by atoms with E-state index in [1.54, 1.807) is 18.3 Å². The third-order valence-electron chi connectivity index (χ3n) is 6.95. The molecule has 0 saturated heterocycles. The molecular formula is C31H30F3N5O5. The summed E-state index contributed by atoms with van der Waals surface area (Å²) in [6.07, 6.45) is -2.42. The van der Waals surface area contributed by atoms with E-state index < -0.39 is 18.2 Å². The van der Waals surface area contributed by atoms with Gasteiger partial charge in [-0.25, -0.2) is 14.6 Å². The molecule has 13 heteroatoms. The molecule has 3 aromatic carbocycles. The van der Waals surface area contributed by atoms with Crippen molar-refractivity contribution in [1.29, 1.82) is 0 Å². The quantitative estimate of drug-likeness (QED) is 0.221. The van der Waals surface area contributed by atoms with Gasteiger partial charge in [-0.1, -0.05) is 54.6 Å². The predicted octanol–water partition coefficient (Wildman–Crippen LogP) is 5.33. The average Bonchev–Trinajstić information content (AvgIpc) is 3.51. The summed E-state index contributed by atoms with van der Waals surface area (Å²) in [5.41, 5.74) is 12.1. The van der Waals surface area contributed by atoms with Gasteiger partial charge in [-0.2, -0.15) is 13.2 Å². The van der Waals surface area contributed by atoms with Gasteiger partial charge in [-0.15, -0.1) is 0 Å². The third-order valence-corrected chi connectivity index (χ3v) is 6.95. The molecule has 2 heterocycles. The van der Waals surface area contributed by atoms with Gasteiger partial charge in [0, 0.05) is 30.8 Å². The third kappa shape index (κ3) is 7.81. The first kappa shape index (κ1) is 31.8. The number of hydrogen-bond donors (Lipinski definition) is 4. The van der Waals surface area contributed by atoms with Gasteiger partial charge in [0.2, 0.25) is 0 Å². The van der Waals surface area contributed by atoms with Gasteiger partial charge in [-0.3, -0.25) is 10.1 Å². The minimum atomic E-state index is -5.08. The molecule has 5 N–H and O–H groups in total. The van der Waals surface area contributed by atoms with E-state index >= 15 is 0 Å². The number of nitrogens with one attached hydrogen (secondary N) is 2. The summed E-state index contributed by atoms with van der Waals surface area (Å²) in [4.78, 5) is 44.1. The Bertz CT molecular complexity index is 1610. The van der Waals surface area contributed by atoms with E-state index in [0.29, 0.717) is 25.2 Å². The molecule has 0 fully saturated rings. The lowest BCUT2D eigenvalue weighted by Crippen LogP contribution is -2.41. The van der Waals surface area contributed by atoms with Gasteiger partial charge >= 0.3 is 18.2 Å². The van der Waals surface area contributed by atoms with Crippen LogP contribution in [0.3, 0.4) is 0 Å². The number of imidazole rings is 1. The van der Waals surface area contributed by atoms with E-state index in [-0.39, 0.29) is 11.9 Å². The Morgan fingerprint density at radius 2 is 1.77 bits per heavy atom. The van der Waals surface area contributed by atoms with E-state index in [1.807, 2.05) is 53.4 Å². The standard InChI is InChI=1S/C29H29N5O3.C2HF3O2/c1-37-29(36)32-23-10-8-21(9-11-23)25-18-31-27(33-25)26(16-19-5-3-2-4-6-19)34-14-13-22-15-20(17-30)7-12-24(22)28(34)35;3-2(4,5)1(6)7/h2-12,15,18,26H,13-14,16-17,30H2,1H3,(H,31,33)(H,32,36);(H,6,7)/t26-;/m0./s1. The number of methoxy groups -OCH3 is 1. The number of carboxylic acids is 1. The van der Waals surface area contributed by atoms with E-state index in [9.17, 15) is 22.8 Å². The van der Waals surface area contributed by atoms with E-state index in [1.165, 1.54) is 7.11 Å². The summed E-state index contributed by atoms with van der Waals surface area (Å²) in [5.74, 6) is -2.03. The first-order valence-corrected chi connectivity index (χ1v) is 13.5. The Labute approximate surface area is 250 Å². The number of aromatic amines is 1. The summed E-state index contributed by atoms with van der Waals surface area (Å²) in [6.45, 7) is 1.05. The average molecular weight is 610 g/mol. The molecule has 0 radical (unpaired) electrons. The lowest BCUT2D eigenvalue weighted by atomic mass is 9.94. The highest BCUT2D eigenvalue weighted by molar-refractivity contribution is 5.97. The SMILES string of the molecule is COC(=O)Nc1ccc(-c2cnc([C@H](Cc3ccccc3)N3CCc4cc(CN)ccc4C3=O)[nH]2)cc1.O=C(O)C(F)(F)F. The van der Waals surface area contributed by atoms with Crippen molar-refractivity contribution in [3.8, 4) is 11.3 Å². The fraction of sp³-hybridized carbons (Fsp3) is 0.226. The van der Waals surface area contributed by atoms with E-state index in [4.69, 9.17) is 20.6 Å². The van der Waals surface area contributed by atoms with Crippen LogP contribution < -0.4 is 11.1 Å². The summed E-state index contributed by atoms with van der Waals surface area (Å²) < 4.78 is 36.4. The normalized spacial score (nSPS) is 13.3. The first-order chi connectivity index (χ1) is 21.0. The smallest absolute Gasteiger partial charge is 0.475 e. The number of carbonyl (C=O) groups excluding carboxylic acids is 2. The van der Waals surface area contributed by atoms with Crippen LogP contribution in [0.2, 0.25) is 0 Å². The maximum Gasteiger partial charge on any atom is 0.490 e. The van der Waals surface area contributed by atoms with E-state index in [0.717, 1.165) is 45.8 Å². The zero-order chi connectivity index (χ0) is 31.9. The zero-order valence-electron chi connectivity index (χ0n) is 23.6. The van der Waals surface area contributed by atoms with Crippen LogP contribution in [0.15, 0.2) is 79.0 Å². The lowest BCUT2D eigenvalue weighted by molar-refractivity contribution is -0.192. The number of halogens is 3. The van der Waals surface area contributed by atoms with Crippen LogP contribution in [-0.4, -0.2) is 57.8 Å². The number of amides is 2. The van der Waals surface area contributed by atoms with Crippen molar-refractivity contribution in [2.24, 2.45) is 5.73 Å². The Balaban J connectivity index is 0.000000566. The molecule has 0 saturated carbocycles. The molecule has 2 amide bonds. The summed E-state index contributed by atoms with van der Waals surface area (Å²) in [5, 5.41) is 9.77. The summed E-state index contributed by atoms with van der Waals surface area (Å²) in [6, 6.07) is 23.1. The topological polar surface area (TPSA) is 151 Å². The van der Waals surface area contributed by atoms with Crippen LogP contribution in [-0.2, 0) is 28.9 Å². The molecule has 0 spiro atoms. The number of aliphatic carboxylic acids is 1. The van der Waals surface area contributed by atoms with Crippen LogP contribution in [0.5, 0.6) is 0 Å². The maximum absolute atomic E-state index is 13.7. The molecule has 10 nitrogen and oxygen atoms in total. The maximum atomic E-state index is 13.7. The molecule has 1 aliphatic heterocycles. The Hall–Kier alpha value is -5.17. The zero-order valence-corrected chi connectivity index (χ0v) is 23.6. The number of ether oxygens (including phenoxy) is 1. The van der Waals surface area contributed by atoms with Crippen molar-refractivity contribution in [3.63, 3.8) is 0 Å². The van der Waals surface area contributed by atoms with Crippen molar-refractivity contribution in [1.82, 2.24) is 14.9 Å². The number of rotatable bonds is 7. The first-order valence-electron chi connectivity index (χ1n) is 13.5. The van der Waals surface area contributed by atoms with Gasteiger partial charge in [0.05, 0.1) is 25.0 Å². The van der Waals surface area contributed by atoms with Crippen LogP contribution in [0.4, 0.5) is 23.7 Å². The van der Waals surface area contributed by atoms with Crippen LogP contribution >= 0.6 is 0 Å². The fourth-order valence-corrected chi connectivity index (χ4v) is 4.73. The second-order valence-electron chi connectivity index (χ2n) is 9.83. The summed E-state index contributed by atoms with van der Waals surface area (Å²) in [7, 11) is 1.32. The van der Waals surface area contributed by atoms with Crippen molar-refractivity contribution in [3.05, 3.63) is 107 Å². The molecular weight excluding hydrogens is 579 g/mol. The second-order valence-corrected chi connectivity index (χ2v) is 9.83. The molecule has 4 aromatic rings. The van der Waals surface area contributed by atoms with Gasteiger partial charge < -0.3 is 25.5 Å². The van der Waals surface area contributed by atoms with Crippen LogP contribution in [0, 0.1) is 0 Å². The molecule has 1 aromatic heterocycles. The number of aromatic nitrogens is 2. The Morgan fingerprint density at radius 3 is 2.39 bits per heavy atom. The van der Waals surface area contributed by atoms with E-state index in [2.05, 4.69) is 27.2 Å². The molecule has 1 atom stereocenters. The van der Waals surface area contributed by atoms with Crippen molar-refractivity contribution < 1.29 is 37.4 Å². The summed E-state index contributed by atoms with van der Waals surface area (Å²) >= 11 is 0. The molecule has 0 unspecified atom stereocenters. The van der Waals surface area contributed by atoms with Gasteiger partial charge in [0.1, 0.15) is 5.82 Å². The molecule has 5 rings (SSSR count). The number of hydrogen-bond acceptors (Lipinski definition) is 6. The highest BCUT2D eigenvalue weighted by Crippen LogP contribution is 2.31. The minimum Gasteiger partial charge on any atom is -0.475 e. The highest BCUT2D eigenvalue weighted by atomic mass is 19.4. The monoisotopic (exact) mass is 609 g/mol. The fourth-order valence-electron chi connectivity index (χ4n) is 4.73. The molecule has 0 bridgehead atoms. The number of nitrogens with zero attached hydrogens (tertiary/aromatic N) is 2. The van der Waals surface area contributed by atoms with Crippen molar-refractivity contribution >= 4 is 23.7 Å². The number of alkyl halides is 3. The van der Waals surface area contributed by atoms with Crippen LogP contribution in [0.1, 0.15) is 38.9 Å². The number of H-pyrrole nitrogens is 1. The molecule has 0 aliphatic carbocycles. The van der Waals surface area contributed by atoms with Crippen LogP contribution in [0.25, 0.3) is 11.3 Å². The molecule has 230 valence electrons. The van der Waals surface area contributed by atoms with Gasteiger partial charge in [-0.05, 0) is 46.9 Å². The minimum absolute atomic E-state index is 0.00180. The molecule has 44 heavy (non-hydrogen) atoms. The lowest BCUT2D eigenvalue weighted by Gasteiger charge is -2.35. The number of benzene rings is 3. The highest BCUT2D eigenvalue weighted by Gasteiger charge is 2.38. The van der Waals surface area contributed by atoms with Crippen molar-refractivity contribution in [2.75, 3.05) is 19.0 Å². The number of carbonyl (C=O) groups is 3. The van der Waals surface area contributed by atoms with Gasteiger partial charge in [0.25, 0.3) is 5.91 Å². The Kier molecular flexibility index (Phi) is 10.0.